The molecule has 0 unspecified atom stereocenters. The summed E-state index contributed by atoms with van der Waals surface area (Å²) in [5.74, 6) is -0.724. The molecule has 0 saturated carbocycles. The van der Waals surface area contributed by atoms with E-state index in [4.69, 9.17) is 5.11 Å². The van der Waals surface area contributed by atoms with Gasteiger partial charge in [-0.2, -0.15) is 0 Å². The highest BCUT2D eigenvalue weighted by atomic mass is 35.5. The van der Waals surface area contributed by atoms with Crippen LogP contribution in [0.5, 0.6) is 0 Å². The second-order valence-corrected chi connectivity index (χ2v) is 5.83. The number of carboxylic acids is 1. The lowest BCUT2D eigenvalue weighted by molar-refractivity contribution is -0.137. The molecule has 0 aliphatic rings. The Kier molecular flexibility index (Phi) is 4.10. The van der Waals surface area contributed by atoms with Crippen LogP contribution in [-0.4, -0.2) is 11.1 Å². The van der Waals surface area contributed by atoms with Gasteiger partial charge >= 0.3 is 5.97 Å². The number of aryl methyl sites for hydroxylation is 1. The van der Waals surface area contributed by atoms with Crippen LogP contribution in [0, 0.1) is 0 Å². The summed E-state index contributed by atoms with van der Waals surface area (Å²) in [6.07, 6.45) is 1.71. The fourth-order valence-corrected chi connectivity index (χ4v) is 3.44. The van der Waals surface area contributed by atoms with Crippen molar-refractivity contribution in [3.8, 4) is 0 Å². The lowest BCUT2D eigenvalue weighted by Gasteiger charge is -2.13. The molecule has 0 fully saturated rings. The van der Waals surface area contributed by atoms with Gasteiger partial charge in [0.1, 0.15) is 0 Å². The number of benzene rings is 4. The van der Waals surface area contributed by atoms with E-state index in [-0.39, 0.29) is 18.8 Å². The monoisotopic (exact) mass is 324 g/mol. The molecule has 4 rings (SSSR count). The fraction of sp³-hybridized carbons (Fsp3) is 0.150. The van der Waals surface area contributed by atoms with E-state index in [1.165, 1.54) is 37.9 Å². The van der Waals surface area contributed by atoms with Gasteiger partial charge in [-0.25, -0.2) is 0 Å². The van der Waals surface area contributed by atoms with Gasteiger partial charge in [0, 0.05) is 6.42 Å². The Morgan fingerprint density at radius 3 is 2.13 bits per heavy atom. The molecule has 23 heavy (non-hydrogen) atoms. The molecule has 0 aliphatic heterocycles. The summed E-state index contributed by atoms with van der Waals surface area (Å²) in [5, 5.41) is 16.5. The third kappa shape index (κ3) is 2.60. The minimum atomic E-state index is -0.724. The summed E-state index contributed by atoms with van der Waals surface area (Å²) in [5.41, 5.74) is 1.24. The Morgan fingerprint density at radius 1 is 0.826 bits per heavy atom. The van der Waals surface area contributed by atoms with E-state index in [0.717, 1.165) is 6.42 Å². The first-order chi connectivity index (χ1) is 10.7. The van der Waals surface area contributed by atoms with Crippen molar-refractivity contribution in [2.45, 2.75) is 19.3 Å². The first-order valence-electron chi connectivity index (χ1n) is 7.61. The van der Waals surface area contributed by atoms with E-state index in [1.54, 1.807) is 0 Å². The molecule has 4 aromatic carbocycles. The lowest BCUT2D eigenvalue weighted by atomic mass is 9.90. The van der Waals surface area contributed by atoms with E-state index in [1.807, 2.05) is 0 Å². The summed E-state index contributed by atoms with van der Waals surface area (Å²) >= 11 is 0. The summed E-state index contributed by atoms with van der Waals surface area (Å²) in [6, 6.07) is 19.4. The van der Waals surface area contributed by atoms with Crippen molar-refractivity contribution in [2.75, 3.05) is 0 Å². The highest BCUT2D eigenvalue weighted by Gasteiger charge is 2.10. The lowest BCUT2D eigenvalue weighted by Crippen LogP contribution is -1.96. The topological polar surface area (TPSA) is 37.3 Å². The van der Waals surface area contributed by atoms with E-state index >= 15 is 0 Å². The van der Waals surface area contributed by atoms with E-state index in [9.17, 15) is 4.79 Å². The van der Waals surface area contributed by atoms with Crippen LogP contribution in [0.4, 0.5) is 0 Å². The van der Waals surface area contributed by atoms with Crippen LogP contribution in [0.1, 0.15) is 18.4 Å². The average Bonchev–Trinajstić information content (AvgIpc) is 2.53. The van der Waals surface area contributed by atoms with Crippen LogP contribution >= 0.6 is 12.4 Å². The number of carbonyl (C=O) groups is 1. The van der Waals surface area contributed by atoms with Gasteiger partial charge in [0.15, 0.2) is 0 Å². The number of hydrogen-bond donors (Lipinski definition) is 1. The third-order valence-electron chi connectivity index (χ3n) is 4.46. The minimum Gasteiger partial charge on any atom is -0.481 e. The van der Waals surface area contributed by atoms with Crippen molar-refractivity contribution < 1.29 is 9.90 Å². The van der Waals surface area contributed by atoms with Crippen LogP contribution in [0.2, 0.25) is 0 Å². The van der Waals surface area contributed by atoms with Crippen molar-refractivity contribution in [3.05, 3.63) is 60.2 Å². The number of carboxylic acid groups (broad SMARTS) is 1. The smallest absolute Gasteiger partial charge is 0.303 e. The van der Waals surface area contributed by atoms with Gasteiger partial charge < -0.3 is 5.11 Å². The number of hydrogen-bond acceptors (Lipinski definition) is 1. The minimum absolute atomic E-state index is 0. The Morgan fingerprint density at radius 2 is 1.43 bits per heavy atom. The average molecular weight is 325 g/mol. The van der Waals surface area contributed by atoms with Crippen LogP contribution < -0.4 is 0 Å². The Hall–Kier alpha value is -2.32. The normalized spacial score (nSPS) is 11.1. The van der Waals surface area contributed by atoms with Crippen LogP contribution in [0.25, 0.3) is 32.3 Å². The number of halogens is 1. The number of aliphatic carboxylic acids is 1. The second kappa shape index (κ2) is 6.05. The van der Waals surface area contributed by atoms with Gasteiger partial charge in [-0.05, 0) is 50.7 Å². The maximum atomic E-state index is 10.7. The van der Waals surface area contributed by atoms with Crippen molar-refractivity contribution in [1.82, 2.24) is 0 Å². The molecule has 0 saturated heterocycles. The van der Waals surface area contributed by atoms with Gasteiger partial charge in [-0.1, -0.05) is 54.6 Å². The molecular weight excluding hydrogens is 308 g/mol. The molecule has 116 valence electrons. The van der Waals surface area contributed by atoms with Gasteiger partial charge in [-0.3, -0.25) is 4.79 Å². The van der Waals surface area contributed by atoms with Crippen molar-refractivity contribution in [3.63, 3.8) is 0 Å². The maximum absolute atomic E-state index is 10.7. The highest BCUT2D eigenvalue weighted by molar-refractivity contribution is 6.23. The van der Waals surface area contributed by atoms with E-state index in [2.05, 4.69) is 54.6 Å². The van der Waals surface area contributed by atoms with Gasteiger partial charge in [0.2, 0.25) is 0 Å². The molecule has 0 spiro atoms. The van der Waals surface area contributed by atoms with Crippen LogP contribution in [-0.2, 0) is 11.2 Å². The summed E-state index contributed by atoms with van der Waals surface area (Å²) < 4.78 is 0. The van der Waals surface area contributed by atoms with Crippen LogP contribution in [0.15, 0.2) is 54.6 Å². The quantitative estimate of drug-likeness (QED) is 0.509. The predicted octanol–water partition coefficient (Wildman–Crippen LogP) is 5.41. The van der Waals surface area contributed by atoms with Gasteiger partial charge in [0.25, 0.3) is 0 Å². The van der Waals surface area contributed by atoms with Gasteiger partial charge in [-0.15, -0.1) is 12.4 Å². The van der Waals surface area contributed by atoms with Gasteiger partial charge in [0.05, 0.1) is 0 Å². The molecule has 0 heterocycles. The van der Waals surface area contributed by atoms with E-state index < -0.39 is 5.97 Å². The Balaban J connectivity index is 0.00000156. The molecule has 4 aromatic rings. The Labute approximate surface area is 140 Å². The summed E-state index contributed by atoms with van der Waals surface area (Å²) in [4.78, 5) is 10.7. The molecule has 0 atom stereocenters. The fourth-order valence-electron chi connectivity index (χ4n) is 3.44. The van der Waals surface area contributed by atoms with E-state index in [0.29, 0.717) is 6.42 Å². The SMILES string of the molecule is Cl.O=C(O)CCCc1ccc2ccc3cccc4ccc1c2c34. The number of rotatable bonds is 4. The molecule has 0 amide bonds. The van der Waals surface area contributed by atoms with Crippen molar-refractivity contribution in [1.29, 1.82) is 0 Å². The summed E-state index contributed by atoms with van der Waals surface area (Å²) in [7, 11) is 0. The highest BCUT2D eigenvalue weighted by Crippen LogP contribution is 2.36. The second-order valence-electron chi connectivity index (χ2n) is 5.83. The largest absolute Gasteiger partial charge is 0.481 e. The first-order valence-corrected chi connectivity index (χ1v) is 7.61. The Bertz CT molecular complexity index is 975. The molecule has 0 aliphatic carbocycles. The first kappa shape index (κ1) is 15.6. The standard InChI is InChI=1S/C20H16O2.ClH/c21-18(22)6-2-3-13-7-8-16-10-9-14-4-1-5-15-11-12-17(13)20(16)19(14)15;/h1,4-5,7-12H,2-3,6H2,(H,21,22);1H. The molecule has 1 N–H and O–H groups in total. The van der Waals surface area contributed by atoms with Crippen LogP contribution in [0.3, 0.4) is 0 Å². The zero-order chi connectivity index (χ0) is 15.1. The molecule has 0 aromatic heterocycles. The third-order valence-corrected chi connectivity index (χ3v) is 4.46. The van der Waals surface area contributed by atoms with Crippen molar-refractivity contribution in [2.24, 2.45) is 0 Å². The zero-order valence-electron chi connectivity index (χ0n) is 12.6. The molecule has 0 bridgehead atoms. The maximum Gasteiger partial charge on any atom is 0.303 e. The zero-order valence-corrected chi connectivity index (χ0v) is 13.4. The molecule has 0 radical (unpaired) electrons. The van der Waals surface area contributed by atoms with Crippen molar-refractivity contribution >= 4 is 50.7 Å². The molecule has 2 nitrogen and oxygen atoms in total. The molecular formula is C20H17ClO2. The summed E-state index contributed by atoms with van der Waals surface area (Å²) in [6.45, 7) is 0. The predicted molar refractivity (Wildman–Crippen MR) is 98.0 cm³/mol. The molecule has 3 heteroatoms.